The lowest BCUT2D eigenvalue weighted by molar-refractivity contribution is -0.114. The lowest BCUT2D eigenvalue weighted by Gasteiger charge is -2.15. The number of rotatable bonds is 7. The average Bonchev–Trinajstić information content (AvgIpc) is 2.52. The lowest BCUT2D eigenvalue weighted by atomic mass is 10.1. The summed E-state index contributed by atoms with van der Waals surface area (Å²) in [6.45, 7) is 4.60. The molecule has 116 valence electrons. The molecule has 1 atom stereocenters. The molecule has 1 amide bonds. The van der Waals surface area contributed by atoms with Crippen LogP contribution in [0.1, 0.15) is 25.5 Å². The number of carbonyl (C=O) groups excluding carboxylic acids is 1. The van der Waals surface area contributed by atoms with Crippen molar-refractivity contribution >= 4 is 23.4 Å². The third-order valence-corrected chi connectivity index (χ3v) is 4.29. The summed E-state index contributed by atoms with van der Waals surface area (Å²) in [5, 5.41) is 6.33. The second-order valence-corrected chi connectivity index (χ2v) is 6.31. The first kappa shape index (κ1) is 16.6. The average molecular weight is 314 g/mol. The van der Waals surface area contributed by atoms with E-state index in [1.165, 1.54) is 17.4 Å². The van der Waals surface area contributed by atoms with Gasteiger partial charge in [0.1, 0.15) is 0 Å². The summed E-state index contributed by atoms with van der Waals surface area (Å²) in [5.74, 6) is 0.983. The van der Waals surface area contributed by atoms with Gasteiger partial charge in [-0.3, -0.25) is 4.79 Å². The van der Waals surface area contributed by atoms with Crippen molar-refractivity contribution in [3.63, 3.8) is 0 Å². The van der Waals surface area contributed by atoms with E-state index in [0.29, 0.717) is 0 Å². The number of amides is 1. The van der Waals surface area contributed by atoms with E-state index in [1.807, 2.05) is 36.0 Å². The van der Waals surface area contributed by atoms with Crippen molar-refractivity contribution in [2.45, 2.75) is 24.8 Å². The van der Waals surface area contributed by atoms with Gasteiger partial charge in [-0.15, -0.1) is 11.8 Å². The monoisotopic (exact) mass is 314 g/mol. The molecule has 2 N–H and O–H groups in total. The van der Waals surface area contributed by atoms with Crippen LogP contribution < -0.4 is 10.6 Å². The molecular formula is C18H22N2OS. The Morgan fingerprint density at radius 1 is 1.14 bits per heavy atom. The van der Waals surface area contributed by atoms with Gasteiger partial charge < -0.3 is 10.6 Å². The summed E-state index contributed by atoms with van der Waals surface area (Å²) < 4.78 is 0. The molecular weight excluding hydrogens is 292 g/mol. The number of hydrogen-bond acceptors (Lipinski definition) is 3. The van der Waals surface area contributed by atoms with Gasteiger partial charge in [0.25, 0.3) is 0 Å². The highest BCUT2D eigenvalue weighted by Gasteiger charge is 2.06. The first-order chi connectivity index (χ1) is 10.6. The van der Waals surface area contributed by atoms with Crippen LogP contribution in [-0.2, 0) is 4.79 Å². The first-order valence-corrected chi connectivity index (χ1v) is 8.42. The lowest BCUT2D eigenvalue weighted by Crippen LogP contribution is -2.21. The van der Waals surface area contributed by atoms with Crippen molar-refractivity contribution in [1.29, 1.82) is 0 Å². The molecule has 2 aromatic carbocycles. The molecule has 0 saturated carbocycles. The second-order valence-electron chi connectivity index (χ2n) is 5.14. The zero-order chi connectivity index (χ0) is 15.8. The van der Waals surface area contributed by atoms with E-state index in [-0.39, 0.29) is 11.9 Å². The van der Waals surface area contributed by atoms with Gasteiger partial charge in [0, 0.05) is 35.8 Å². The Balaban J connectivity index is 1.79. The van der Waals surface area contributed by atoms with Crippen molar-refractivity contribution < 1.29 is 4.79 Å². The molecule has 2 rings (SSSR count). The van der Waals surface area contributed by atoms with Gasteiger partial charge in [0.2, 0.25) is 5.91 Å². The molecule has 0 saturated heterocycles. The molecule has 2 aromatic rings. The maximum Gasteiger partial charge on any atom is 0.221 e. The molecule has 0 aliphatic carbocycles. The van der Waals surface area contributed by atoms with Gasteiger partial charge in [-0.1, -0.05) is 30.3 Å². The molecule has 3 nitrogen and oxygen atoms in total. The van der Waals surface area contributed by atoms with Crippen molar-refractivity contribution in [2.75, 3.05) is 17.6 Å². The minimum absolute atomic E-state index is 0.0444. The summed E-state index contributed by atoms with van der Waals surface area (Å²) in [7, 11) is 0. The number of nitrogens with one attached hydrogen (secondary N) is 2. The predicted molar refractivity (Wildman–Crippen MR) is 94.3 cm³/mol. The third kappa shape index (κ3) is 5.54. The van der Waals surface area contributed by atoms with Crippen LogP contribution in [0.3, 0.4) is 0 Å². The van der Waals surface area contributed by atoms with E-state index in [0.717, 1.165) is 18.0 Å². The molecule has 0 radical (unpaired) electrons. The van der Waals surface area contributed by atoms with Crippen LogP contribution in [0, 0.1) is 0 Å². The highest BCUT2D eigenvalue weighted by Crippen LogP contribution is 2.19. The highest BCUT2D eigenvalue weighted by atomic mass is 32.2. The van der Waals surface area contributed by atoms with Crippen LogP contribution in [0.4, 0.5) is 5.69 Å². The van der Waals surface area contributed by atoms with Gasteiger partial charge in [-0.2, -0.15) is 0 Å². The fourth-order valence-electron chi connectivity index (χ4n) is 2.17. The summed E-state index contributed by atoms with van der Waals surface area (Å²) in [6.07, 6.45) is 0. The van der Waals surface area contributed by atoms with Crippen molar-refractivity contribution in [1.82, 2.24) is 5.32 Å². The number of carbonyl (C=O) groups is 1. The van der Waals surface area contributed by atoms with Crippen LogP contribution in [0.2, 0.25) is 0 Å². The molecule has 4 heteroatoms. The summed E-state index contributed by atoms with van der Waals surface area (Å²) in [5.41, 5.74) is 2.02. The zero-order valence-electron chi connectivity index (χ0n) is 13.0. The van der Waals surface area contributed by atoms with E-state index < -0.39 is 0 Å². The molecule has 22 heavy (non-hydrogen) atoms. The number of benzene rings is 2. The van der Waals surface area contributed by atoms with Crippen LogP contribution in [-0.4, -0.2) is 18.2 Å². The summed E-state index contributed by atoms with van der Waals surface area (Å²) in [6, 6.07) is 18.6. The Morgan fingerprint density at radius 3 is 2.64 bits per heavy atom. The second kappa shape index (κ2) is 8.61. The normalized spacial score (nSPS) is 11.9. The molecule has 0 spiro atoms. The molecule has 0 aliphatic rings. The topological polar surface area (TPSA) is 41.1 Å². The molecule has 0 aliphatic heterocycles. The Morgan fingerprint density at radius 2 is 1.91 bits per heavy atom. The van der Waals surface area contributed by atoms with Crippen molar-refractivity contribution in [3.8, 4) is 0 Å². The molecule has 0 heterocycles. The highest BCUT2D eigenvalue weighted by molar-refractivity contribution is 7.99. The molecule has 1 unspecified atom stereocenters. The van der Waals surface area contributed by atoms with Crippen LogP contribution >= 0.6 is 11.8 Å². The number of hydrogen-bond donors (Lipinski definition) is 2. The fraction of sp³-hybridized carbons (Fsp3) is 0.278. The third-order valence-electron chi connectivity index (χ3n) is 3.27. The van der Waals surface area contributed by atoms with Gasteiger partial charge in [0.05, 0.1) is 0 Å². The molecule has 0 bridgehead atoms. The summed E-state index contributed by atoms with van der Waals surface area (Å²) in [4.78, 5) is 12.4. The number of anilines is 1. The first-order valence-electron chi connectivity index (χ1n) is 7.44. The van der Waals surface area contributed by atoms with Gasteiger partial charge in [-0.05, 0) is 36.8 Å². The quantitative estimate of drug-likeness (QED) is 0.597. The maximum absolute atomic E-state index is 11.1. The SMILES string of the molecule is CC(=O)Nc1cccc(C(C)NCCSc2ccccc2)c1. The minimum atomic E-state index is -0.0444. The summed E-state index contributed by atoms with van der Waals surface area (Å²) >= 11 is 1.85. The Bertz CT molecular complexity index is 601. The van der Waals surface area contributed by atoms with Crippen LogP contribution in [0.25, 0.3) is 0 Å². The van der Waals surface area contributed by atoms with Crippen molar-refractivity contribution in [3.05, 3.63) is 60.2 Å². The smallest absolute Gasteiger partial charge is 0.221 e. The van der Waals surface area contributed by atoms with Crippen LogP contribution in [0.5, 0.6) is 0 Å². The zero-order valence-corrected chi connectivity index (χ0v) is 13.8. The van der Waals surface area contributed by atoms with Gasteiger partial charge in [-0.25, -0.2) is 0 Å². The fourth-order valence-corrected chi connectivity index (χ4v) is 2.97. The van der Waals surface area contributed by atoms with E-state index in [1.54, 1.807) is 0 Å². The van der Waals surface area contributed by atoms with Gasteiger partial charge >= 0.3 is 0 Å². The van der Waals surface area contributed by atoms with Crippen molar-refractivity contribution in [2.24, 2.45) is 0 Å². The van der Waals surface area contributed by atoms with Gasteiger partial charge in [0.15, 0.2) is 0 Å². The molecule has 0 fully saturated rings. The Labute approximate surface area is 136 Å². The maximum atomic E-state index is 11.1. The van der Waals surface area contributed by atoms with E-state index in [9.17, 15) is 4.79 Å². The molecule has 0 aromatic heterocycles. The Hall–Kier alpha value is -1.78. The number of thioether (sulfide) groups is 1. The van der Waals surface area contributed by atoms with E-state index >= 15 is 0 Å². The standard InChI is InChI=1S/C18H22N2OS/c1-14(16-7-6-8-17(13-16)20-15(2)21)19-11-12-22-18-9-4-3-5-10-18/h3-10,13-14,19H,11-12H2,1-2H3,(H,20,21). The Kier molecular flexibility index (Phi) is 6.49. The minimum Gasteiger partial charge on any atom is -0.326 e. The largest absolute Gasteiger partial charge is 0.326 e. The predicted octanol–water partition coefficient (Wildman–Crippen LogP) is 4.09. The van der Waals surface area contributed by atoms with E-state index in [4.69, 9.17) is 0 Å². The van der Waals surface area contributed by atoms with E-state index in [2.05, 4.69) is 47.9 Å². The van der Waals surface area contributed by atoms with Crippen LogP contribution in [0.15, 0.2) is 59.5 Å².